The number of phenolic OH excluding ortho intramolecular Hbond substituents is 1. The number of hydrogen-bond donors (Lipinski definition) is 2. The first-order valence-electron chi connectivity index (χ1n) is 12.7. The van der Waals surface area contributed by atoms with E-state index in [9.17, 15) is 19.7 Å². The fourth-order valence-electron chi connectivity index (χ4n) is 6.17. The van der Waals surface area contributed by atoms with E-state index in [-0.39, 0.29) is 41.4 Å². The van der Waals surface area contributed by atoms with Gasteiger partial charge in [0, 0.05) is 7.05 Å². The Balaban J connectivity index is 1.61. The van der Waals surface area contributed by atoms with Crippen LogP contribution in [0.25, 0.3) is 6.08 Å². The van der Waals surface area contributed by atoms with E-state index < -0.39 is 7.12 Å². The number of phenols is 1. The molecule has 0 saturated carbocycles. The van der Waals surface area contributed by atoms with Crippen LogP contribution in [-0.2, 0) is 14.2 Å². The number of aromatic hydroxyl groups is 1. The molecule has 1 aromatic carbocycles. The summed E-state index contributed by atoms with van der Waals surface area (Å²) in [5.41, 5.74) is 4.77. The molecule has 4 atom stereocenters. The number of fused-ring (bicyclic) bond motifs is 3. The molecule has 1 aliphatic carbocycles. The highest BCUT2D eigenvalue weighted by Gasteiger charge is 2.56. The minimum atomic E-state index is -0.926. The zero-order valence-corrected chi connectivity index (χ0v) is 20.5. The van der Waals surface area contributed by atoms with Gasteiger partial charge in [-0.05, 0) is 67.6 Å². The topological polar surface area (TPSA) is 87.1 Å². The van der Waals surface area contributed by atoms with Crippen LogP contribution < -0.4 is 0 Å². The Morgan fingerprint density at radius 1 is 1.12 bits per heavy atom. The molecular weight excluding hydrogens is 429 g/mol. The first-order valence-corrected chi connectivity index (χ1v) is 12.7. The lowest BCUT2D eigenvalue weighted by Crippen LogP contribution is -2.46. The van der Waals surface area contributed by atoms with Gasteiger partial charge in [-0.25, -0.2) is 0 Å². The maximum atomic E-state index is 13.0. The summed E-state index contributed by atoms with van der Waals surface area (Å²) in [6, 6.07) is 7.20. The van der Waals surface area contributed by atoms with Gasteiger partial charge in [0.25, 0.3) is 0 Å². The van der Waals surface area contributed by atoms with Gasteiger partial charge in [-0.1, -0.05) is 56.0 Å². The molecule has 0 radical (unpaired) electrons. The second-order valence-electron chi connectivity index (χ2n) is 9.99. The number of imide groups is 1. The van der Waals surface area contributed by atoms with E-state index in [1.54, 1.807) is 19.2 Å². The van der Waals surface area contributed by atoms with E-state index in [1.165, 1.54) is 21.6 Å². The number of carbonyl (C=O) groups excluding carboxylic acids is 2. The number of rotatable bonds is 8. The Morgan fingerprint density at radius 3 is 2.53 bits per heavy atom. The summed E-state index contributed by atoms with van der Waals surface area (Å²) in [6.07, 6.45) is 8.33. The van der Waals surface area contributed by atoms with Crippen LogP contribution in [0, 0.1) is 17.8 Å². The van der Waals surface area contributed by atoms with E-state index in [2.05, 4.69) is 19.9 Å². The van der Waals surface area contributed by atoms with Crippen molar-refractivity contribution in [1.29, 1.82) is 0 Å². The molecule has 34 heavy (non-hydrogen) atoms. The van der Waals surface area contributed by atoms with Gasteiger partial charge >= 0.3 is 7.12 Å². The van der Waals surface area contributed by atoms with Crippen molar-refractivity contribution in [2.75, 3.05) is 7.05 Å². The molecule has 0 bridgehead atoms. The maximum absolute atomic E-state index is 13.0. The highest BCUT2D eigenvalue weighted by atomic mass is 16.5. The Hall–Kier alpha value is -2.38. The third-order valence-electron chi connectivity index (χ3n) is 7.64. The number of likely N-dealkylation sites (tertiary alicyclic amines) is 1. The zero-order chi connectivity index (χ0) is 24.4. The van der Waals surface area contributed by atoms with Gasteiger partial charge in [-0.2, -0.15) is 0 Å². The van der Waals surface area contributed by atoms with Crippen LogP contribution in [-0.4, -0.2) is 47.1 Å². The summed E-state index contributed by atoms with van der Waals surface area (Å²) >= 11 is 0. The number of carbonyl (C=O) groups is 2. The molecule has 2 amide bonds. The minimum absolute atomic E-state index is 0.0813. The lowest BCUT2D eigenvalue weighted by atomic mass is 9.58. The largest absolute Gasteiger partial charge is 0.508 e. The summed E-state index contributed by atoms with van der Waals surface area (Å²) < 4.78 is 6.09. The average Bonchev–Trinajstić information content (AvgIpc) is 3.02. The summed E-state index contributed by atoms with van der Waals surface area (Å²) in [5, 5.41) is 20.2. The van der Waals surface area contributed by atoms with Gasteiger partial charge in [-0.15, -0.1) is 0 Å². The molecule has 182 valence electrons. The maximum Gasteiger partial charge on any atom is 0.455 e. The Kier molecular flexibility index (Phi) is 7.63. The van der Waals surface area contributed by atoms with Crippen molar-refractivity contribution < 1.29 is 24.4 Å². The summed E-state index contributed by atoms with van der Waals surface area (Å²) in [4.78, 5) is 27.1. The first-order chi connectivity index (χ1) is 16.3. The van der Waals surface area contributed by atoms with Crippen LogP contribution in [0.3, 0.4) is 0 Å². The fraction of sp³-hybridized carbons (Fsp3) is 0.556. The molecule has 2 aliphatic heterocycles. The Labute approximate surface area is 202 Å². The highest BCUT2D eigenvalue weighted by molar-refractivity contribution is 6.43. The van der Waals surface area contributed by atoms with Crippen LogP contribution in [0.15, 0.2) is 41.0 Å². The fourth-order valence-corrected chi connectivity index (χ4v) is 6.17. The predicted molar refractivity (Wildman–Crippen MR) is 133 cm³/mol. The molecule has 2 fully saturated rings. The van der Waals surface area contributed by atoms with Crippen molar-refractivity contribution in [2.24, 2.45) is 17.8 Å². The van der Waals surface area contributed by atoms with E-state index in [1.807, 2.05) is 12.1 Å². The van der Waals surface area contributed by atoms with Crippen LogP contribution >= 0.6 is 0 Å². The highest BCUT2D eigenvalue weighted by Crippen LogP contribution is 2.51. The summed E-state index contributed by atoms with van der Waals surface area (Å²) in [5.74, 6) is -0.754. The van der Waals surface area contributed by atoms with Crippen LogP contribution in [0.4, 0.5) is 0 Å². The molecular formula is C27H36BNO5. The second-order valence-corrected chi connectivity index (χ2v) is 9.99. The van der Waals surface area contributed by atoms with Crippen molar-refractivity contribution in [3.05, 3.63) is 46.5 Å². The molecule has 3 aliphatic rings. The van der Waals surface area contributed by atoms with E-state index >= 15 is 0 Å². The van der Waals surface area contributed by atoms with Crippen molar-refractivity contribution >= 4 is 25.0 Å². The Morgan fingerprint density at radius 2 is 1.85 bits per heavy atom. The molecule has 0 spiro atoms. The number of nitrogens with zero attached hydrogens (tertiary/aromatic N) is 1. The van der Waals surface area contributed by atoms with Gasteiger partial charge in [0.2, 0.25) is 11.8 Å². The van der Waals surface area contributed by atoms with Gasteiger partial charge in [0.1, 0.15) is 5.75 Å². The smallest absolute Gasteiger partial charge is 0.455 e. The quantitative estimate of drug-likeness (QED) is 0.333. The number of allylic oxidation sites excluding steroid dienone is 2. The molecule has 2 N–H and O–H groups in total. The van der Waals surface area contributed by atoms with Crippen LogP contribution in [0.5, 0.6) is 5.75 Å². The monoisotopic (exact) mass is 465 g/mol. The Bertz CT molecular complexity index is 985. The van der Waals surface area contributed by atoms with Crippen molar-refractivity contribution in [2.45, 2.75) is 71.2 Å². The average molecular weight is 465 g/mol. The number of amides is 2. The summed E-state index contributed by atoms with van der Waals surface area (Å²) in [6.45, 7) is 4.29. The second kappa shape index (κ2) is 10.5. The van der Waals surface area contributed by atoms with Gasteiger partial charge in [0.15, 0.2) is 0 Å². The first kappa shape index (κ1) is 24.7. The van der Waals surface area contributed by atoms with Crippen molar-refractivity contribution in [3.63, 3.8) is 0 Å². The van der Waals surface area contributed by atoms with Crippen molar-refractivity contribution in [3.8, 4) is 5.75 Å². The molecule has 1 aromatic rings. The molecule has 2 heterocycles. The van der Waals surface area contributed by atoms with E-state index in [4.69, 9.17) is 4.65 Å². The minimum Gasteiger partial charge on any atom is -0.508 e. The molecule has 7 heteroatoms. The third-order valence-corrected chi connectivity index (χ3v) is 7.64. The predicted octanol–water partition coefficient (Wildman–Crippen LogP) is 4.58. The van der Waals surface area contributed by atoms with Crippen molar-refractivity contribution in [1.82, 2.24) is 4.90 Å². The van der Waals surface area contributed by atoms with E-state index in [0.717, 1.165) is 44.1 Å². The normalized spacial score (nSPS) is 27.4. The van der Waals surface area contributed by atoms with Crippen LogP contribution in [0.1, 0.15) is 64.4 Å². The molecule has 6 nitrogen and oxygen atoms in total. The molecule has 0 aromatic heterocycles. The third kappa shape index (κ3) is 4.87. The molecule has 0 unspecified atom stereocenters. The lowest BCUT2D eigenvalue weighted by molar-refractivity contribution is -0.138. The number of benzene rings is 1. The van der Waals surface area contributed by atoms with Crippen LogP contribution in [0.2, 0.25) is 6.32 Å². The van der Waals surface area contributed by atoms with E-state index in [0.29, 0.717) is 12.7 Å². The van der Waals surface area contributed by atoms with Gasteiger partial charge in [-0.3, -0.25) is 14.5 Å². The zero-order valence-electron chi connectivity index (χ0n) is 20.5. The molecule has 4 rings (SSSR count). The SMILES string of the molecule is CCCC1=C2[C@@H](CC/C(=C/c3ccc(O)cc3)CCC)OB(O)C[C@@H]2[C@@H]2C(=O)N(C)C(=O)[C@@H]2C1. The number of hydrogen-bond acceptors (Lipinski definition) is 5. The molecule has 2 saturated heterocycles. The lowest BCUT2D eigenvalue weighted by Gasteiger charge is -2.43. The van der Waals surface area contributed by atoms with Gasteiger partial charge in [0.05, 0.1) is 17.9 Å². The van der Waals surface area contributed by atoms with Gasteiger partial charge < -0.3 is 14.8 Å². The summed E-state index contributed by atoms with van der Waals surface area (Å²) in [7, 11) is 0.658. The standard InChI is InChI=1S/C27H36BNO5/c1-4-6-17(14-18-8-11-20(30)12-9-18)10-13-23-24-19(7-5-2)15-21-25(22(24)16-28(33)34-23)27(32)29(3)26(21)31/h8-9,11-12,14,21-23,25,30,33H,4-7,10,13,15-16H2,1-3H3/b17-14+/t21-,22+,23-,25-/m1/s1.